The molecule has 1 atom stereocenters. The summed E-state index contributed by atoms with van der Waals surface area (Å²) in [6.07, 6.45) is 8.92. The molecule has 2 fully saturated rings. The Morgan fingerprint density at radius 3 is 2.54 bits per heavy atom. The van der Waals surface area contributed by atoms with Crippen molar-refractivity contribution < 1.29 is 9.72 Å². The van der Waals surface area contributed by atoms with Gasteiger partial charge in [-0.15, -0.1) is 0 Å². The molecule has 1 aromatic carbocycles. The number of piperidine rings is 1. The van der Waals surface area contributed by atoms with Crippen LogP contribution < -0.4 is 10.2 Å². The SMILES string of the molecule is CC1CCCN(c2ccc(C(=O)NC3CCCCCC3)cc2[N+](=O)[O-])C1. The molecule has 1 aliphatic carbocycles. The van der Waals surface area contributed by atoms with Crippen molar-refractivity contribution in [2.75, 3.05) is 18.0 Å². The third kappa shape index (κ3) is 4.54. The summed E-state index contributed by atoms with van der Waals surface area (Å²) in [5.41, 5.74) is 1.05. The summed E-state index contributed by atoms with van der Waals surface area (Å²) in [4.78, 5) is 25.9. The molecular weight excluding hydrogens is 330 g/mol. The zero-order chi connectivity index (χ0) is 18.5. The molecule has 1 aromatic rings. The molecule has 1 amide bonds. The fourth-order valence-corrected chi connectivity index (χ4v) is 4.18. The molecule has 142 valence electrons. The number of hydrogen-bond acceptors (Lipinski definition) is 4. The number of nitro groups is 1. The molecule has 1 heterocycles. The molecule has 1 N–H and O–H groups in total. The predicted molar refractivity (Wildman–Crippen MR) is 103 cm³/mol. The highest BCUT2D eigenvalue weighted by Gasteiger charge is 2.25. The minimum Gasteiger partial charge on any atom is -0.366 e. The highest BCUT2D eigenvalue weighted by Crippen LogP contribution is 2.32. The summed E-state index contributed by atoms with van der Waals surface area (Å²) in [5.74, 6) is 0.333. The Kier molecular flexibility index (Phi) is 6.12. The molecule has 1 unspecified atom stereocenters. The second kappa shape index (κ2) is 8.52. The van der Waals surface area contributed by atoms with E-state index in [1.165, 1.54) is 18.9 Å². The molecule has 3 rings (SSSR count). The van der Waals surface area contributed by atoms with E-state index < -0.39 is 0 Å². The Labute approximate surface area is 155 Å². The second-order valence-corrected chi connectivity index (χ2v) is 7.82. The average Bonchev–Trinajstić information content (AvgIpc) is 2.89. The summed E-state index contributed by atoms with van der Waals surface area (Å²) in [6.45, 7) is 3.83. The van der Waals surface area contributed by atoms with E-state index in [0.717, 1.165) is 51.6 Å². The minimum atomic E-state index is -0.364. The van der Waals surface area contributed by atoms with Crippen LogP contribution in [0, 0.1) is 16.0 Å². The number of nitro benzene ring substituents is 1. The zero-order valence-electron chi connectivity index (χ0n) is 15.6. The maximum atomic E-state index is 12.6. The number of carbonyl (C=O) groups excluding carboxylic acids is 1. The molecule has 1 aliphatic heterocycles. The fraction of sp³-hybridized carbons (Fsp3) is 0.650. The van der Waals surface area contributed by atoms with Crippen molar-refractivity contribution in [2.24, 2.45) is 5.92 Å². The number of nitrogens with one attached hydrogen (secondary N) is 1. The standard InChI is InChI=1S/C20H29N3O3/c1-15-7-6-12-22(14-15)18-11-10-16(13-19(18)23(25)26)20(24)21-17-8-4-2-3-5-9-17/h10-11,13,15,17H,2-9,12,14H2,1H3,(H,21,24). The van der Waals surface area contributed by atoms with Gasteiger partial charge in [0, 0.05) is 30.8 Å². The molecular formula is C20H29N3O3. The summed E-state index contributed by atoms with van der Waals surface area (Å²) in [5, 5.41) is 14.7. The lowest BCUT2D eigenvalue weighted by Crippen LogP contribution is -2.35. The van der Waals surface area contributed by atoms with Crippen LogP contribution in [0.15, 0.2) is 18.2 Å². The van der Waals surface area contributed by atoms with Crippen molar-refractivity contribution in [3.63, 3.8) is 0 Å². The van der Waals surface area contributed by atoms with E-state index in [0.29, 0.717) is 17.2 Å². The van der Waals surface area contributed by atoms with Gasteiger partial charge in [-0.25, -0.2) is 0 Å². The predicted octanol–water partition coefficient (Wildman–Crippen LogP) is 4.28. The Hall–Kier alpha value is -2.11. The molecule has 1 saturated heterocycles. The van der Waals surface area contributed by atoms with E-state index in [-0.39, 0.29) is 22.6 Å². The van der Waals surface area contributed by atoms with E-state index in [9.17, 15) is 14.9 Å². The third-order valence-electron chi connectivity index (χ3n) is 5.62. The van der Waals surface area contributed by atoms with E-state index in [4.69, 9.17) is 0 Å². The van der Waals surface area contributed by atoms with E-state index in [2.05, 4.69) is 17.1 Å². The lowest BCUT2D eigenvalue weighted by Gasteiger charge is -2.32. The smallest absolute Gasteiger partial charge is 0.293 e. The number of anilines is 1. The number of benzene rings is 1. The van der Waals surface area contributed by atoms with Gasteiger partial charge in [0.1, 0.15) is 5.69 Å². The largest absolute Gasteiger partial charge is 0.366 e. The molecule has 0 aromatic heterocycles. The lowest BCUT2D eigenvalue weighted by molar-refractivity contribution is -0.384. The van der Waals surface area contributed by atoms with Gasteiger partial charge in [0.2, 0.25) is 0 Å². The minimum absolute atomic E-state index is 0.0348. The van der Waals surface area contributed by atoms with Crippen molar-refractivity contribution in [1.29, 1.82) is 0 Å². The fourth-order valence-electron chi connectivity index (χ4n) is 4.18. The molecule has 0 radical (unpaired) electrons. The first kappa shape index (κ1) is 18.7. The van der Waals surface area contributed by atoms with Gasteiger partial charge in [-0.2, -0.15) is 0 Å². The Balaban J connectivity index is 1.77. The number of amides is 1. The molecule has 6 heteroatoms. The Morgan fingerprint density at radius 2 is 1.88 bits per heavy atom. The van der Waals surface area contributed by atoms with Gasteiger partial charge < -0.3 is 10.2 Å². The summed E-state index contributed by atoms with van der Waals surface area (Å²) in [7, 11) is 0. The third-order valence-corrected chi connectivity index (χ3v) is 5.62. The van der Waals surface area contributed by atoms with Crippen LogP contribution in [-0.4, -0.2) is 30.0 Å². The molecule has 1 saturated carbocycles. The quantitative estimate of drug-likeness (QED) is 0.494. The van der Waals surface area contributed by atoms with Gasteiger partial charge in [0.05, 0.1) is 4.92 Å². The summed E-state index contributed by atoms with van der Waals surface area (Å²) in [6, 6.07) is 5.11. The number of carbonyl (C=O) groups is 1. The maximum Gasteiger partial charge on any atom is 0.293 e. The summed E-state index contributed by atoms with van der Waals surface area (Å²) < 4.78 is 0. The normalized spacial score (nSPS) is 21.9. The average molecular weight is 359 g/mol. The van der Waals surface area contributed by atoms with Crippen molar-refractivity contribution >= 4 is 17.3 Å². The molecule has 0 bridgehead atoms. The van der Waals surface area contributed by atoms with Crippen molar-refractivity contribution in [2.45, 2.75) is 64.3 Å². The first-order valence-electron chi connectivity index (χ1n) is 9.89. The number of hydrogen-bond donors (Lipinski definition) is 1. The van der Waals surface area contributed by atoms with Crippen LogP contribution in [-0.2, 0) is 0 Å². The molecule has 2 aliphatic rings. The first-order valence-corrected chi connectivity index (χ1v) is 9.89. The van der Waals surface area contributed by atoms with Gasteiger partial charge in [-0.05, 0) is 43.7 Å². The summed E-state index contributed by atoms with van der Waals surface area (Å²) >= 11 is 0. The van der Waals surface area contributed by atoms with Gasteiger partial charge in [-0.1, -0.05) is 32.6 Å². The zero-order valence-corrected chi connectivity index (χ0v) is 15.6. The first-order chi connectivity index (χ1) is 12.5. The highest BCUT2D eigenvalue weighted by molar-refractivity contribution is 5.96. The monoisotopic (exact) mass is 359 g/mol. The van der Waals surface area contributed by atoms with Crippen LogP contribution in [0.2, 0.25) is 0 Å². The second-order valence-electron chi connectivity index (χ2n) is 7.82. The highest BCUT2D eigenvalue weighted by atomic mass is 16.6. The Bertz CT molecular complexity index is 654. The molecule has 0 spiro atoms. The number of rotatable bonds is 4. The van der Waals surface area contributed by atoms with Gasteiger partial charge >= 0.3 is 0 Å². The van der Waals surface area contributed by atoms with E-state index >= 15 is 0 Å². The van der Waals surface area contributed by atoms with E-state index in [1.807, 2.05) is 0 Å². The van der Waals surface area contributed by atoms with Crippen LogP contribution in [0.5, 0.6) is 0 Å². The van der Waals surface area contributed by atoms with Crippen LogP contribution >= 0.6 is 0 Å². The van der Waals surface area contributed by atoms with Gasteiger partial charge in [-0.3, -0.25) is 14.9 Å². The lowest BCUT2D eigenvalue weighted by atomic mass is 9.99. The van der Waals surface area contributed by atoms with Crippen molar-refractivity contribution in [3.05, 3.63) is 33.9 Å². The topological polar surface area (TPSA) is 75.5 Å². The molecule has 6 nitrogen and oxygen atoms in total. The van der Waals surface area contributed by atoms with Crippen LogP contribution in [0.1, 0.15) is 68.6 Å². The van der Waals surface area contributed by atoms with E-state index in [1.54, 1.807) is 12.1 Å². The van der Waals surface area contributed by atoms with Crippen LogP contribution in [0.25, 0.3) is 0 Å². The van der Waals surface area contributed by atoms with Gasteiger partial charge in [0.25, 0.3) is 11.6 Å². The van der Waals surface area contributed by atoms with Crippen molar-refractivity contribution in [3.8, 4) is 0 Å². The molecule has 26 heavy (non-hydrogen) atoms. The number of nitrogens with zero attached hydrogens (tertiary/aromatic N) is 2. The maximum absolute atomic E-state index is 12.6. The van der Waals surface area contributed by atoms with Crippen LogP contribution in [0.3, 0.4) is 0 Å². The van der Waals surface area contributed by atoms with Gasteiger partial charge in [0.15, 0.2) is 0 Å². The Morgan fingerprint density at radius 1 is 1.15 bits per heavy atom. The van der Waals surface area contributed by atoms with Crippen LogP contribution in [0.4, 0.5) is 11.4 Å². The van der Waals surface area contributed by atoms with Crippen molar-refractivity contribution in [1.82, 2.24) is 5.32 Å².